The van der Waals surface area contributed by atoms with Crippen molar-refractivity contribution in [1.82, 2.24) is 0 Å². The molecule has 0 spiro atoms. The van der Waals surface area contributed by atoms with Crippen molar-refractivity contribution in [3.05, 3.63) is 88.2 Å². The van der Waals surface area contributed by atoms with Gasteiger partial charge in [-0.3, -0.25) is 0 Å². The summed E-state index contributed by atoms with van der Waals surface area (Å²) in [6, 6.07) is 17.2. The molecule has 2 aromatic carbocycles. The van der Waals surface area contributed by atoms with Gasteiger partial charge in [0.25, 0.3) is 0 Å². The molecule has 1 N–H and O–H groups in total. The van der Waals surface area contributed by atoms with Gasteiger partial charge in [-0.2, -0.15) is 0 Å². The van der Waals surface area contributed by atoms with Gasteiger partial charge in [-0.15, -0.1) is 0 Å². The average molecular weight is 355 g/mol. The summed E-state index contributed by atoms with van der Waals surface area (Å²) < 4.78 is 5.16. The maximum atomic E-state index is 12.4. The molecule has 3 rings (SSSR count). The van der Waals surface area contributed by atoms with Crippen LogP contribution in [0.15, 0.2) is 72.0 Å². The Morgan fingerprint density at radius 3 is 2.48 bits per heavy atom. The molecule has 2 aromatic rings. The molecule has 4 heteroatoms. The fraction of sp³-hybridized carbons (Fsp3) is 0.190. The third kappa shape index (κ3) is 3.77. The summed E-state index contributed by atoms with van der Waals surface area (Å²) in [4.78, 5) is 12.4. The van der Waals surface area contributed by atoms with Gasteiger partial charge in [-0.1, -0.05) is 54.1 Å². The summed E-state index contributed by atoms with van der Waals surface area (Å²) in [6.07, 6.45) is 2.26. The van der Waals surface area contributed by atoms with Gasteiger partial charge in [-0.05, 0) is 48.3 Å². The number of esters is 1. The van der Waals surface area contributed by atoms with Crippen molar-refractivity contribution in [2.24, 2.45) is 0 Å². The van der Waals surface area contributed by atoms with Crippen LogP contribution in [0, 0.1) is 0 Å². The lowest BCUT2D eigenvalue weighted by atomic mass is 9.79. The van der Waals surface area contributed by atoms with E-state index in [9.17, 15) is 9.90 Å². The first kappa shape index (κ1) is 17.3. The molecule has 1 unspecified atom stereocenters. The van der Waals surface area contributed by atoms with Crippen LogP contribution < -0.4 is 0 Å². The molecule has 0 saturated carbocycles. The van der Waals surface area contributed by atoms with E-state index >= 15 is 0 Å². The topological polar surface area (TPSA) is 46.5 Å². The lowest BCUT2D eigenvalue weighted by molar-refractivity contribution is -0.139. The molecule has 1 aliphatic carbocycles. The molecule has 0 bridgehead atoms. The second-order valence-corrected chi connectivity index (χ2v) is 6.30. The Hall–Kier alpha value is -2.52. The van der Waals surface area contributed by atoms with Gasteiger partial charge in [0.2, 0.25) is 0 Å². The summed E-state index contributed by atoms with van der Waals surface area (Å²) in [7, 11) is 0. The van der Waals surface area contributed by atoms with Crippen LogP contribution in [0.1, 0.15) is 30.4 Å². The molecule has 0 fully saturated rings. The van der Waals surface area contributed by atoms with Gasteiger partial charge in [0.05, 0.1) is 12.2 Å². The predicted octanol–water partition coefficient (Wildman–Crippen LogP) is 5.29. The largest absolute Gasteiger partial charge is 0.507 e. The van der Waals surface area contributed by atoms with Crippen LogP contribution in [0.3, 0.4) is 0 Å². The van der Waals surface area contributed by atoms with E-state index in [4.69, 9.17) is 16.3 Å². The Bertz CT molecular complexity index is 820. The van der Waals surface area contributed by atoms with Crippen molar-refractivity contribution in [1.29, 1.82) is 0 Å². The lowest BCUT2D eigenvalue weighted by Gasteiger charge is -2.26. The molecule has 3 nitrogen and oxygen atoms in total. The van der Waals surface area contributed by atoms with Gasteiger partial charge in [0.15, 0.2) is 0 Å². The van der Waals surface area contributed by atoms with Crippen LogP contribution in [0.4, 0.5) is 0 Å². The van der Waals surface area contributed by atoms with E-state index in [1.54, 1.807) is 25.1 Å². The minimum atomic E-state index is -0.483. The van der Waals surface area contributed by atoms with Gasteiger partial charge < -0.3 is 9.84 Å². The maximum absolute atomic E-state index is 12.4. The van der Waals surface area contributed by atoms with E-state index in [1.807, 2.05) is 42.5 Å². The second kappa shape index (κ2) is 7.58. The molecule has 1 aliphatic rings. The van der Waals surface area contributed by atoms with Crippen molar-refractivity contribution in [3.8, 4) is 0 Å². The van der Waals surface area contributed by atoms with Crippen molar-refractivity contribution in [2.75, 3.05) is 6.61 Å². The first-order valence-electron chi connectivity index (χ1n) is 8.22. The molecule has 128 valence electrons. The summed E-state index contributed by atoms with van der Waals surface area (Å²) in [6.45, 7) is 2.01. The normalized spacial score (nSPS) is 17.2. The zero-order chi connectivity index (χ0) is 17.8. The Morgan fingerprint density at radius 1 is 1.16 bits per heavy atom. The van der Waals surface area contributed by atoms with E-state index in [2.05, 4.69) is 0 Å². The monoisotopic (exact) mass is 354 g/mol. The van der Waals surface area contributed by atoms with Crippen molar-refractivity contribution >= 4 is 23.1 Å². The van der Waals surface area contributed by atoms with Crippen LogP contribution in [0.5, 0.6) is 0 Å². The Balaban J connectivity index is 2.06. The smallest absolute Gasteiger partial charge is 0.338 e. The van der Waals surface area contributed by atoms with Crippen molar-refractivity contribution < 1.29 is 14.6 Å². The van der Waals surface area contributed by atoms with E-state index in [1.165, 1.54) is 0 Å². The van der Waals surface area contributed by atoms with Crippen LogP contribution in [0.25, 0.3) is 5.57 Å². The second-order valence-electron chi connectivity index (χ2n) is 5.86. The fourth-order valence-electron chi connectivity index (χ4n) is 3.09. The highest BCUT2D eigenvalue weighted by Gasteiger charge is 2.31. The van der Waals surface area contributed by atoms with E-state index in [-0.39, 0.29) is 18.3 Å². The fourth-order valence-corrected chi connectivity index (χ4v) is 3.22. The Kier molecular flexibility index (Phi) is 5.25. The maximum Gasteiger partial charge on any atom is 0.338 e. The predicted molar refractivity (Wildman–Crippen MR) is 99.5 cm³/mol. The average Bonchev–Trinajstić information content (AvgIpc) is 2.62. The summed E-state index contributed by atoms with van der Waals surface area (Å²) in [5.74, 6) is -0.802. The van der Waals surface area contributed by atoms with E-state index in [0.717, 1.165) is 16.7 Å². The third-order valence-corrected chi connectivity index (χ3v) is 4.52. The highest BCUT2D eigenvalue weighted by molar-refractivity contribution is 6.30. The number of ether oxygens (including phenoxy) is 1. The van der Waals surface area contributed by atoms with Gasteiger partial charge in [0.1, 0.15) is 5.76 Å². The minimum absolute atomic E-state index is 0.0384. The summed E-state index contributed by atoms with van der Waals surface area (Å²) in [5, 5.41) is 11.2. The molecule has 25 heavy (non-hydrogen) atoms. The van der Waals surface area contributed by atoms with Crippen LogP contribution in [-0.4, -0.2) is 17.7 Å². The lowest BCUT2D eigenvalue weighted by Crippen LogP contribution is -2.20. The zero-order valence-corrected chi connectivity index (χ0v) is 14.7. The van der Waals surface area contributed by atoms with Crippen LogP contribution >= 0.6 is 11.6 Å². The highest BCUT2D eigenvalue weighted by Crippen LogP contribution is 2.41. The first-order valence-corrected chi connectivity index (χ1v) is 8.59. The number of carbonyl (C=O) groups is 1. The number of allylic oxidation sites excluding steroid dienone is 2. The minimum Gasteiger partial charge on any atom is -0.507 e. The van der Waals surface area contributed by atoms with Crippen molar-refractivity contribution in [3.63, 3.8) is 0 Å². The SMILES string of the molecule is CCOC(=O)C1=C(O)C=C(c2ccccc2)CC1c1ccc(Cl)cc1. The Morgan fingerprint density at radius 2 is 1.84 bits per heavy atom. The number of hydrogen-bond donors (Lipinski definition) is 1. The number of aliphatic hydroxyl groups excluding tert-OH is 1. The van der Waals surface area contributed by atoms with Crippen LogP contribution in [0.2, 0.25) is 5.02 Å². The molecule has 0 saturated heterocycles. The number of carbonyl (C=O) groups excluding carboxylic acids is 1. The molecular formula is C21H19ClO3. The van der Waals surface area contributed by atoms with E-state index < -0.39 is 5.97 Å². The number of hydrogen-bond acceptors (Lipinski definition) is 3. The summed E-state index contributed by atoms with van der Waals surface area (Å²) >= 11 is 5.99. The first-order chi connectivity index (χ1) is 12.1. The molecule has 1 atom stereocenters. The number of aliphatic hydroxyl groups is 1. The van der Waals surface area contributed by atoms with Crippen LogP contribution in [-0.2, 0) is 9.53 Å². The van der Waals surface area contributed by atoms with Gasteiger partial charge in [-0.25, -0.2) is 4.79 Å². The quantitative estimate of drug-likeness (QED) is 0.759. The van der Waals surface area contributed by atoms with E-state index in [0.29, 0.717) is 17.0 Å². The van der Waals surface area contributed by atoms with Gasteiger partial charge >= 0.3 is 5.97 Å². The molecule has 0 radical (unpaired) electrons. The third-order valence-electron chi connectivity index (χ3n) is 4.27. The molecule has 0 heterocycles. The number of halogens is 1. The van der Waals surface area contributed by atoms with Crippen molar-refractivity contribution in [2.45, 2.75) is 19.3 Å². The number of benzene rings is 2. The summed E-state index contributed by atoms with van der Waals surface area (Å²) in [5.41, 5.74) is 3.21. The number of rotatable bonds is 4. The zero-order valence-electron chi connectivity index (χ0n) is 13.9. The van der Waals surface area contributed by atoms with Gasteiger partial charge in [0, 0.05) is 10.9 Å². The molecule has 0 aliphatic heterocycles. The standard InChI is InChI=1S/C21H19ClO3/c1-2-25-21(24)20-18(15-8-10-17(22)11-9-15)12-16(13-19(20)23)14-6-4-3-5-7-14/h3-11,13,18,23H,2,12H2,1H3. The molecule has 0 amide bonds. The molecular weight excluding hydrogens is 336 g/mol. The Labute approximate surface area is 152 Å². The molecule has 0 aromatic heterocycles. The highest BCUT2D eigenvalue weighted by atomic mass is 35.5.